The molecule has 0 radical (unpaired) electrons. The topological polar surface area (TPSA) is 28.7 Å². The maximum absolute atomic E-state index is 13.6. The lowest BCUT2D eigenvalue weighted by Crippen LogP contribution is -1.85. The largest absolute Gasteiger partial charge is 0.344 e. The summed E-state index contributed by atoms with van der Waals surface area (Å²) in [5.74, 6) is -0.173. The third kappa shape index (κ3) is 2.25. The average molecular weight is 256 g/mol. The summed E-state index contributed by atoms with van der Waals surface area (Å²) in [6.45, 7) is 0. The molecule has 94 valence electrons. The standard InChI is InChI=1S/C15H10F2N2/c16-11-7-5-10(6-8-11)14-9-18-15(19-14)12-3-1-2-4-13(12)17/h1-9H,(H,18,19). The molecule has 0 saturated carbocycles. The minimum absolute atomic E-state index is 0.298. The van der Waals surface area contributed by atoms with Crippen molar-refractivity contribution in [3.63, 3.8) is 0 Å². The average Bonchev–Trinajstić information content (AvgIpc) is 2.89. The Morgan fingerprint density at radius 2 is 1.63 bits per heavy atom. The van der Waals surface area contributed by atoms with Gasteiger partial charge in [-0.15, -0.1) is 0 Å². The molecule has 0 fully saturated rings. The first kappa shape index (κ1) is 11.6. The van der Waals surface area contributed by atoms with Crippen LogP contribution in [0.3, 0.4) is 0 Å². The van der Waals surface area contributed by atoms with Crippen molar-refractivity contribution in [1.82, 2.24) is 9.97 Å². The van der Waals surface area contributed by atoms with Gasteiger partial charge in [0.05, 0.1) is 11.3 Å². The number of hydrogen-bond donors (Lipinski definition) is 1. The second-order valence-electron chi connectivity index (χ2n) is 4.12. The number of nitrogens with one attached hydrogen (secondary N) is 1. The first-order valence-electron chi connectivity index (χ1n) is 5.80. The van der Waals surface area contributed by atoms with Crippen molar-refractivity contribution < 1.29 is 8.78 Å². The van der Waals surface area contributed by atoms with Gasteiger partial charge in [0.1, 0.15) is 17.5 Å². The molecule has 0 bridgehead atoms. The fourth-order valence-corrected chi connectivity index (χ4v) is 1.88. The Kier molecular flexibility index (Phi) is 2.83. The van der Waals surface area contributed by atoms with Crippen LogP contribution in [0.25, 0.3) is 22.6 Å². The first-order chi connectivity index (χ1) is 9.24. The number of hydrogen-bond acceptors (Lipinski definition) is 1. The van der Waals surface area contributed by atoms with Crippen LogP contribution in [0, 0.1) is 11.6 Å². The molecule has 1 heterocycles. The molecule has 2 nitrogen and oxygen atoms in total. The molecule has 3 rings (SSSR count). The number of aromatic nitrogens is 2. The molecule has 0 aliphatic carbocycles. The Morgan fingerprint density at radius 1 is 0.895 bits per heavy atom. The van der Waals surface area contributed by atoms with E-state index < -0.39 is 0 Å². The van der Waals surface area contributed by atoms with Gasteiger partial charge in [-0.05, 0) is 36.4 Å². The lowest BCUT2D eigenvalue weighted by Gasteiger charge is -1.98. The number of aromatic amines is 1. The van der Waals surface area contributed by atoms with Crippen LogP contribution in [0.5, 0.6) is 0 Å². The molecule has 0 spiro atoms. The Hall–Kier alpha value is -2.49. The second kappa shape index (κ2) is 4.65. The van der Waals surface area contributed by atoms with E-state index in [1.165, 1.54) is 18.2 Å². The minimum Gasteiger partial charge on any atom is -0.344 e. The second-order valence-corrected chi connectivity index (χ2v) is 4.12. The lowest BCUT2D eigenvalue weighted by atomic mass is 10.2. The molecular weight excluding hydrogens is 246 g/mol. The highest BCUT2D eigenvalue weighted by Gasteiger charge is 2.09. The van der Waals surface area contributed by atoms with Gasteiger partial charge in [0.15, 0.2) is 0 Å². The number of rotatable bonds is 2. The fraction of sp³-hybridized carbons (Fsp3) is 0. The zero-order valence-electron chi connectivity index (χ0n) is 9.90. The molecular formula is C15H10F2N2. The number of nitrogens with zero attached hydrogens (tertiary/aromatic N) is 1. The Labute approximate surface area is 108 Å². The molecule has 2 aromatic carbocycles. The number of benzene rings is 2. The summed E-state index contributed by atoms with van der Waals surface area (Å²) >= 11 is 0. The van der Waals surface area contributed by atoms with E-state index in [2.05, 4.69) is 9.97 Å². The van der Waals surface area contributed by atoms with E-state index in [1.54, 1.807) is 36.5 Å². The molecule has 0 unspecified atom stereocenters. The third-order valence-corrected chi connectivity index (χ3v) is 2.85. The van der Waals surface area contributed by atoms with Gasteiger partial charge in [0, 0.05) is 11.8 Å². The van der Waals surface area contributed by atoms with E-state index in [0.29, 0.717) is 17.1 Å². The van der Waals surface area contributed by atoms with Crippen molar-refractivity contribution in [3.8, 4) is 22.6 Å². The molecule has 0 amide bonds. The van der Waals surface area contributed by atoms with Gasteiger partial charge < -0.3 is 4.98 Å². The predicted octanol–water partition coefficient (Wildman–Crippen LogP) is 4.02. The van der Waals surface area contributed by atoms with Gasteiger partial charge in [0.25, 0.3) is 0 Å². The van der Waals surface area contributed by atoms with E-state index in [0.717, 1.165) is 5.56 Å². The molecule has 0 aliphatic heterocycles. The zero-order chi connectivity index (χ0) is 13.2. The van der Waals surface area contributed by atoms with Crippen molar-refractivity contribution in [2.24, 2.45) is 0 Å². The van der Waals surface area contributed by atoms with E-state index in [-0.39, 0.29) is 11.6 Å². The number of imidazole rings is 1. The van der Waals surface area contributed by atoms with Crippen molar-refractivity contribution in [2.45, 2.75) is 0 Å². The molecule has 0 atom stereocenters. The van der Waals surface area contributed by atoms with Gasteiger partial charge in [-0.1, -0.05) is 12.1 Å². The smallest absolute Gasteiger partial charge is 0.141 e. The molecule has 0 saturated heterocycles. The van der Waals surface area contributed by atoms with Crippen LogP contribution in [-0.4, -0.2) is 9.97 Å². The molecule has 3 aromatic rings. The van der Waals surface area contributed by atoms with Gasteiger partial charge >= 0.3 is 0 Å². The van der Waals surface area contributed by atoms with E-state index >= 15 is 0 Å². The maximum Gasteiger partial charge on any atom is 0.141 e. The van der Waals surface area contributed by atoms with E-state index in [1.807, 2.05) is 0 Å². The maximum atomic E-state index is 13.6. The Morgan fingerprint density at radius 3 is 2.37 bits per heavy atom. The number of H-pyrrole nitrogens is 1. The summed E-state index contributed by atoms with van der Waals surface area (Å²) in [4.78, 5) is 7.25. The number of halogens is 2. The Bertz CT molecular complexity index is 702. The normalized spacial score (nSPS) is 10.6. The SMILES string of the molecule is Fc1ccc(-c2c[nH]c(-c3ccccc3F)n2)cc1. The van der Waals surface area contributed by atoms with Crippen LogP contribution in [0.4, 0.5) is 8.78 Å². The summed E-state index contributed by atoms with van der Waals surface area (Å²) in [5.41, 5.74) is 1.84. The Balaban J connectivity index is 2.00. The van der Waals surface area contributed by atoms with Gasteiger partial charge in [-0.2, -0.15) is 0 Å². The highest BCUT2D eigenvalue weighted by Crippen LogP contribution is 2.23. The van der Waals surface area contributed by atoms with Crippen LogP contribution in [0.15, 0.2) is 54.7 Å². The first-order valence-corrected chi connectivity index (χ1v) is 5.80. The van der Waals surface area contributed by atoms with Gasteiger partial charge in [0.2, 0.25) is 0 Å². The lowest BCUT2D eigenvalue weighted by molar-refractivity contribution is 0.628. The fourth-order valence-electron chi connectivity index (χ4n) is 1.88. The minimum atomic E-state index is -0.331. The summed E-state index contributed by atoms with van der Waals surface area (Å²) in [5, 5.41) is 0. The molecule has 1 aromatic heterocycles. The quantitative estimate of drug-likeness (QED) is 0.737. The van der Waals surface area contributed by atoms with Crippen LogP contribution in [-0.2, 0) is 0 Å². The van der Waals surface area contributed by atoms with Crippen LogP contribution in [0.1, 0.15) is 0 Å². The zero-order valence-corrected chi connectivity index (χ0v) is 9.90. The summed E-state index contributed by atoms with van der Waals surface area (Å²) in [6, 6.07) is 12.4. The van der Waals surface area contributed by atoms with Crippen molar-refractivity contribution in [1.29, 1.82) is 0 Å². The molecule has 1 N–H and O–H groups in total. The summed E-state index contributed by atoms with van der Waals surface area (Å²) < 4.78 is 26.5. The van der Waals surface area contributed by atoms with Crippen LogP contribution < -0.4 is 0 Å². The molecule has 19 heavy (non-hydrogen) atoms. The highest BCUT2D eigenvalue weighted by molar-refractivity contribution is 5.64. The highest BCUT2D eigenvalue weighted by atomic mass is 19.1. The van der Waals surface area contributed by atoms with Crippen LogP contribution in [0.2, 0.25) is 0 Å². The van der Waals surface area contributed by atoms with Gasteiger partial charge in [-0.25, -0.2) is 13.8 Å². The van der Waals surface area contributed by atoms with E-state index in [4.69, 9.17) is 0 Å². The van der Waals surface area contributed by atoms with Gasteiger partial charge in [-0.3, -0.25) is 0 Å². The summed E-state index contributed by atoms with van der Waals surface area (Å²) in [6.07, 6.45) is 1.68. The molecule has 0 aliphatic rings. The molecule has 4 heteroatoms. The predicted molar refractivity (Wildman–Crippen MR) is 69.4 cm³/mol. The third-order valence-electron chi connectivity index (χ3n) is 2.85. The van der Waals surface area contributed by atoms with Crippen LogP contribution >= 0.6 is 0 Å². The van der Waals surface area contributed by atoms with Crippen molar-refractivity contribution >= 4 is 0 Å². The summed E-state index contributed by atoms with van der Waals surface area (Å²) in [7, 11) is 0. The monoisotopic (exact) mass is 256 g/mol. The van der Waals surface area contributed by atoms with E-state index in [9.17, 15) is 8.78 Å². The van der Waals surface area contributed by atoms with Crippen molar-refractivity contribution in [3.05, 3.63) is 66.4 Å². The van der Waals surface area contributed by atoms with Crippen molar-refractivity contribution in [2.75, 3.05) is 0 Å².